The molecule has 0 radical (unpaired) electrons. The first-order valence-corrected chi connectivity index (χ1v) is 6.79. The number of isocyanates is 1. The highest BCUT2D eigenvalue weighted by molar-refractivity contribution is 5.93. The predicted molar refractivity (Wildman–Crippen MR) is 86.0 cm³/mol. The van der Waals surface area contributed by atoms with Crippen LogP contribution in [0.4, 0.5) is 5.69 Å². The maximum absolute atomic E-state index is 10.9. The SMILES string of the molecule is N#COc1ccc(N=C=O)cc1.O=CNOc1ccc(C(=O)NO)cc1. The zero-order chi connectivity index (χ0) is 19.2. The van der Waals surface area contributed by atoms with Gasteiger partial charge >= 0.3 is 0 Å². The molecule has 10 heteroatoms. The van der Waals surface area contributed by atoms with Crippen LogP contribution in [0.25, 0.3) is 0 Å². The van der Waals surface area contributed by atoms with Crippen LogP contribution in [0.1, 0.15) is 10.4 Å². The van der Waals surface area contributed by atoms with Gasteiger partial charge in [-0.25, -0.2) is 10.3 Å². The van der Waals surface area contributed by atoms with E-state index in [0.717, 1.165) is 0 Å². The van der Waals surface area contributed by atoms with Gasteiger partial charge in [-0.3, -0.25) is 14.8 Å². The molecule has 132 valence electrons. The van der Waals surface area contributed by atoms with Crippen molar-refractivity contribution in [2.75, 3.05) is 0 Å². The monoisotopic (exact) mass is 356 g/mol. The van der Waals surface area contributed by atoms with Crippen molar-refractivity contribution in [2.24, 2.45) is 4.99 Å². The number of benzene rings is 2. The van der Waals surface area contributed by atoms with Crippen LogP contribution in [-0.2, 0) is 9.59 Å². The number of carbonyl (C=O) groups is 2. The molecule has 0 saturated heterocycles. The summed E-state index contributed by atoms with van der Waals surface area (Å²) >= 11 is 0. The highest BCUT2D eigenvalue weighted by Gasteiger charge is 2.03. The van der Waals surface area contributed by atoms with Gasteiger partial charge in [0.2, 0.25) is 12.5 Å². The molecule has 2 aromatic carbocycles. The molecule has 2 aromatic rings. The third-order valence-electron chi connectivity index (χ3n) is 2.62. The first-order valence-electron chi connectivity index (χ1n) is 6.79. The minimum atomic E-state index is -0.611. The number of aliphatic imine (C=N–C) groups is 1. The Hall–Kier alpha value is -4.19. The van der Waals surface area contributed by atoms with Crippen LogP contribution in [0.2, 0.25) is 0 Å². The minimum absolute atomic E-state index is 0.283. The van der Waals surface area contributed by atoms with E-state index in [1.807, 2.05) is 5.48 Å². The van der Waals surface area contributed by atoms with E-state index in [9.17, 15) is 14.4 Å². The summed E-state index contributed by atoms with van der Waals surface area (Å²) in [7, 11) is 0. The molecule has 0 aliphatic heterocycles. The largest absolute Gasteiger partial charge is 0.388 e. The molecule has 2 rings (SSSR count). The maximum Gasteiger partial charge on any atom is 0.292 e. The molecule has 3 N–H and O–H groups in total. The van der Waals surface area contributed by atoms with Crippen LogP contribution in [-0.4, -0.2) is 23.6 Å². The van der Waals surface area contributed by atoms with Crippen molar-refractivity contribution in [1.29, 1.82) is 5.26 Å². The van der Waals surface area contributed by atoms with Crippen molar-refractivity contribution in [3.8, 4) is 17.8 Å². The van der Waals surface area contributed by atoms with E-state index in [1.54, 1.807) is 24.3 Å². The summed E-state index contributed by atoms with van der Waals surface area (Å²) in [5, 5.41) is 16.4. The minimum Gasteiger partial charge on any atom is -0.388 e. The lowest BCUT2D eigenvalue weighted by atomic mass is 10.2. The first kappa shape index (κ1) is 19.9. The van der Waals surface area contributed by atoms with Gasteiger partial charge in [-0.15, -0.1) is 5.26 Å². The molecule has 0 aromatic heterocycles. The molecule has 0 saturated carbocycles. The summed E-state index contributed by atoms with van der Waals surface area (Å²) in [6.45, 7) is 0. The normalized spacial score (nSPS) is 8.46. The van der Waals surface area contributed by atoms with Crippen LogP contribution in [0.15, 0.2) is 53.5 Å². The second-order valence-electron chi connectivity index (χ2n) is 4.19. The van der Waals surface area contributed by atoms with Gasteiger partial charge < -0.3 is 9.57 Å². The fourth-order valence-electron chi connectivity index (χ4n) is 1.53. The van der Waals surface area contributed by atoms with Gasteiger partial charge in [-0.05, 0) is 48.5 Å². The molecule has 0 atom stereocenters. The van der Waals surface area contributed by atoms with E-state index < -0.39 is 5.91 Å². The summed E-state index contributed by atoms with van der Waals surface area (Å²) < 4.78 is 4.50. The quantitative estimate of drug-likeness (QED) is 0.176. The summed E-state index contributed by atoms with van der Waals surface area (Å²) in [5.74, 6) is 0.189. The van der Waals surface area contributed by atoms with E-state index in [0.29, 0.717) is 23.6 Å². The Labute approximate surface area is 147 Å². The van der Waals surface area contributed by atoms with Crippen molar-refractivity contribution in [2.45, 2.75) is 0 Å². The Morgan fingerprint density at radius 2 is 1.73 bits per heavy atom. The van der Waals surface area contributed by atoms with Gasteiger partial charge in [0.1, 0.15) is 5.75 Å². The van der Waals surface area contributed by atoms with Crippen molar-refractivity contribution < 1.29 is 29.2 Å². The average Bonchev–Trinajstić information content (AvgIpc) is 2.68. The number of hydrogen-bond acceptors (Lipinski definition) is 8. The third kappa shape index (κ3) is 6.93. The van der Waals surface area contributed by atoms with Gasteiger partial charge in [0.15, 0.2) is 5.75 Å². The highest BCUT2D eigenvalue weighted by atomic mass is 16.7. The number of hydrogen-bond donors (Lipinski definition) is 3. The van der Waals surface area contributed by atoms with Crippen LogP contribution in [0.3, 0.4) is 0 Å². The summed E-state index contributed by atoms with van der Waals surface area (Å²) in [6.07, 6.45) is 3.32. The molecular formula is C16H12N4O6. The maximum atomic E-state index is 10.9. The fourth-order valence-corrected chi connectivity index (χ4v) is 1.53. The lowest BCUT2D eigenvalue weighted by molar-refractivity contribution is -0.115. The zero-order valence-corrected chi connectivity index (χ0v) is 13.1. The Bertz CT molecular complexity index is 808. The third-order valence-corrected chi connectivity index (χ3v) is 2.62. The van der Waals surface area contributed by atoms with Gasteiger partial charge in [0.05, 0.1) is 5.69 Å². The van der Waals surface area contributed by atoms with Crippen LogP contribution in [0.5, 0.6) is 11.5 Å². The topological polar surface area (TPSA) is 150 Å². The Balaban J connectivity index is 0.000000263. The molecule has 0 spiro atoms. The Kier molecular flexibility index (Phi) is 8.68. The first-order chi connectivity index (χ1) is 12.6. The summed E-state index contributed by atoms with van der Waals surface area (Å²) in [6, 6.07) is 12.0. The fraction of sp³-hybridized carbons (Fsp3) is 0. The van der Waals surface area contributed by atoms with E-state index in [-0.39, 0.29) is 5.56 Å². The molecule has 2 amide bonds. The summed E-state index contributed by atoms with van der Waals surface area (Å²) in [4.78, 5) is 38.6. The van der Waals surface area contributed by atoms with Crippen LogP contribution >= 0.6 is 0 Å². The lowest BCUT2D eigenvalue weighted by Crippen LogP contribution is -2.19. The van der Waals surface area contributed by atoms with Crippen molar-refractivity contribution in [1.82, 2.24) is 11.0 Å². The van der Waals surface area contributed by atoms with Crippen LogP contribution < -0.4 is 20.5 Å². The number of hydroxylamine groups is 2. The molecule has 0 heterocycles. The predicted octanol–water partition coefficient (Wildman–Crippen LogP) is 1.36. The van der Waals surface area contributed by atoms with Crippen molar-refractivity contribution in [3.63, 3.8) is 0 Å². The number of rotatable bonds is 6. The second-order valence-corrected chi connectivity index (χ2v) is 4.19. The highest BCUT2D eigenvalue weighted by Crippen LogP contribution is 2.16. The van der Waals surface area contributed by atoms with Crippen molar-refractivity contribution >= 4 is 24.1 Å². The van der Waals surface area contributed by atoms with E-state index in [2.05, 4.69) is 9.73 Å². The van der Waals surface area contributed by atoms with Gasteiger partial charge in [-0.1, -0.05) is 0 Å². The second kappa shape index (κ2) is 11.4. The average molecular weight is 356 g/mol. The number of nitrogens with zero attached hydrogens (tertiary/aromatic N) is 2. The van der Waals surface area contributed by atoms with E-state index >= 15 is 0 Å². The molecule has 0 fully saturated rings. The molecule has 10 nitrogen and oxygen atoms in total. The standard InChI is InChI=1S/C8H8N2O4.C8H4N2O2/c11-5-9-14-7-3-1-6(2-4-7)8(12)10-13;9-5-12-8-3-1-7(2-4-8)10-6-11/h1-5,13H,(H,9,11)(H,10,12);1-4H. The van der Waals surface area contributed by atoms with Gasteiger partial charge in [0, 0.05) is 5.56 Å². The number of ether oxygens (including phenoxy) is 1. The molecular weight excluding hydrogens is 344 g/mol. The van der Waals surface area contributed by atoms with Crippen LogP contribution in [0, 0.1) is 11.5 Å². The smallest absolute Gasteiger partial charge is 0.292 e. The van der Waals surface area contributed by atoms with Crippen molar-refractivity contribution in [3.05, 3.63) is 54.1 Å². The molecule has 26 heavy (non-hydrogen) atoms. The molecule has 0 unspecified atom stereocenters. The lowest BCUT2D eigenvalue weighted by Gasteiger charge is -2.02. The van der Waals surface area contributed by atoms with Gasteiger partial charge in [-0.2, -0.15) is 10.5 Å². The number of amides is 2. The Morgan fingerprint density at radius 3 is 2.23 bits per heavy atom. The Morgan fingerprint density at radius 1 is 1.12 bits per heavy atom. The molecule has 0 aliphatic carbocycles. The number of nitrogens with one attached hydrogen (secondary N) is 2. The summed E-state index contributed by atoms with van der Waals surface area (Å²) in [5.41, 5.74) is 4.25. The van der Waals surface area contributed by atoms with Gasteiger partial charge in [0.25, 0.3) is 12.2 Å². The van der Waals surface area contributed by atoms with E-state index in [1.165, 1.54) is 42.1 Å². The van der Waals surface area contributed by atoms with E-state index in [4.69, 9.17) is 15.3 Å². The molecule has 0 bridgehead atoms. The number of nitriles is 1. The number of carbonyl (C=O) groups excluding carboxylic acids is 3. The molecule has 0 aliphatic rings. The zero-order valence-electron chi connectivity index (χ0n) is 13.1.